The van der Waals surface area contributed by atoms with Crippen LogP contribution >= 0.6 is 11.6 Å². The summed E-state index contributed by atoms with van der Waals surface area (Å²) < 4.78 is 13.7. The van der Waals surface area contributed by atoms with Crippen molar-refractivity contribution < 1.29 is 4.39 Å². The Hall–Kier alpha value is -0.600. The van der Waals surface area contributed by atoms with Crippen LogP contribution in [-0.2, 0) is 0 Å². The molecule has 0 saturated heterocycles. The molecule has 1 N–H and O–H groups in total. The van der Waals surface area contributed by atoms with E-state index in [1.807, 2.05) is 7.05 Å². The van der Waals surface area contributed by atoms with Gasteiger partial charge < -0.3 is 5.32 Å². The molecule has 0 aliphatic rings. The summed E-state index contributed by atoms with van der Waals surface area (Å²) in [6.45, 7) is 6.57. The Morgan fingerprint density at radius 2 is 2.00 bits per heavy atom. The van der Waals surface area contributed by atoms with Crippen LogP contribution in [-0.4, -0.2) is 7.05 Å². The lowest BCUT2D eigenvalue weighted by Gasteiger charge is -2.23. The summed E-state index contributed by atoms with van der Waals surface area (Å²) in [5, 5.41) is 3.74. The van der Waals surface area contributed by atoms with Gasteiger partial charge in [0.05, 0.1) is 0 Å². The van der Waals surface area contributed by atoms with Gasteiger partial charge in [0.1, 0.15) is 5.82 Å². The molecule has 1 aromatic carbocycles. The highest BCUT2D eigenvalue weighted by Crippen LogP contribution is 2.29. The molecule has 1 aromatic rings. The summed E-state index contributed by atoms with van der Waals surface area (Å²) in [4.78, 5) is 0. The van der Waals surface area contributed by atoms with Crippen molar-refractivity contribution in [3.63, 3.8) is 0 Å². The van der Waals surface area contributed by atoms with Crippen molar-refractivity contribution in [1.82, 2.24) is 5.32 Å². The molecule has 0 aliphatic heterocycles. The SMILES string of the molecule is CNC(CCC(C)(C)C)c1cc(Cl)ccc1F. The maximum absolute atomic E-state index is 13.7. The Balaban J connectivity index is 2.82. The van der Waals surface area contributed by atoms with E-state index in [0.717, 1.165) is 12.8 Å². The molecule has 0 heterocycles. The largest absolute Gasteiger partial charge is 0.313 e. The highest BCUT2D eigenvalue weighted by Gasteiger charge is 2.18. The second-order valence-corrected chi connectivity index (χ2v) is 6.04. The smallest absolute Gasteiger partial charge is 0.128 e. The molecule has 0 spiro atoms. The van der Waals surface area contributed by atoms with Crippen molar-refractivity contribution in [1.29, 1.82) is 0 Å². The van der Waals surface area contributed by atoms with Gasteiger partial charge in [-0.15, -0.1) is 0 Å². The topological polar surface area (TPSA) is 12.0 Å². The van der Waals surface area contributed by atoms with Crippen molar-refractivity contribution >= 4 is 11.6 Å². The summed E-state index contributed by atoms with van der Waals surface area (Å²) in [6, 6.07) is 4.74. The van der Waals surface area contributed by atoms with Gasteiger partial charge in [0, 0.05) is 16.6 Å². The van der Waals surface area contributed by atoms with Crippen molar-refractivity contribution in [3.8, 4) is 0 Å². The average molecular weight is 258 g/mol. The van der Waals surface area contributed by atoms with Gasteiger partial charge in [0.15, 0.2) is 0 Å². The van der Waals surface area contributed by atoms with Crippen molar-refractivity contribution in [2.75, 3.05) is 7.05 Å². The van der Waals surface area contributed by atoms with E-state index in [4.69, 9.17) is 11.6 Å². The van der Waals surface area contributed by atoms with E-state index < -0.39 is 0 Å². The monoisotopic (exact) mass is 257 g/mol. The summed E-state index contributed by atoms with van der Waals surface area (Å²) in [6.07, 6.45) is 1.93. The molecule has 0 aliphatic carbocycles. The van der Waals surface area contributed by atoms with E-state index in [1.54, 1.807) is 12.1 Å². The number of nitrogens with one attached hydrogen (secondary N) is 1. The summed E-state index contributed by atoms with van der Waals surface area (Å²) in [5.74, 6) is -0.192. The Kier molecular flexibility index (Phi) is 4.96. The fourth-order valence-corrected chi connectivity index (χ4v) is 1.99. The lowest BCUT2D eigenvalue weighted by Crippen LogP contribution is -2.20. The highest BCUT2D eigenvalue weighted by atomic mass is 35.5. The Morgan fingerprint density at radius 3 is 2.53 bits per heavy atom. The quantitative estimate of drug-likeness (QED) is 0.833. The summed E-state index contributed by atoms with van der Waals surface area (Å²) in [5.41, 5.74) is 0.911. The van der Waals surface area contributed by atoms with Gasteiger partial charge in [-0.1, -0.05) is 32.4 Å². The normalized spacial score (nSPS) is 13.8. The van der Waals surface area contributed by atoms with E-state index in [9.17, 15) is 4.39 Å². The van der Waals surface area contributed by atoms with Crippen molar-refractivity contribution in [3.05, 3.63) is 34.6 Å². The third kappa shape index (κ3) is 4.64. The lowest BCUT2D eigenvalue weighted by molar-refractivity contribution is 0.335. The molecule has 0 fully saturated rings. The van der Waals surface area contributed by atoms with Gasteiger partial charge in [-0.05, 0) is 43.5 Å². The molecular weight excluding hydrogens is 237 g/mol. The van der Waals surface area contributed by atoms with Crippen LogP contribution in [0.5, 0.6) is 0 Å². The fraction of sp³-hybridized carbons (Fsp3) is 0.571. The van der Waals surface area contributed by atoms with Crippen LogP contribution in [0.4, 0.5) is 4.39 Å². The Bertz CT molecular complexity index is 371. The van der Waals surface area contributed by atoms with Crippen LogP contribution in [0.15, 0.2) is 18.2 Å². The third-order valence-electron chi connectivity index (χ3n) is 2.86. The molecule has 0 bridgehead atoms. The van der Waals surface area contributed by atoms with Crippen LogP contribution in [0, 0.1) is 11.2 Å². The van der Waals surface area contributed by atoms with Gasteiger partial charge in [0.2, 0.25) is 0 Å². The predicted octanol–water partition coefficient (Wildman–Crippen LogP) is 4.57. The zero-order valence-electron chi connectivity index (χ0n) is 11.0. The Morgan fingerprint density at radius 1 is 1.35 bits per heavy atom. The van der Waals surface area contributed by atoms with Gasteiger partial charge in [0.25, 0.3) is 0 Å². The molecule has 1 rings (SSSR count). The average Bonchev–Trinajstić information content (AvgIpc) is 2.22. The minimum atomic E-state index is -0.192. The highest BCUT2D eigenvalue weighted by molar-refractivity contribution is 6.30. The molecule has 0 aromatic heterocycles. The number of benzene rings is 1. The first kappa shape index (κ1) is 14.5. The Labute approximate surface area is 108 Å². The maximum atomic E-state index is 13.7. The minimum absolute atomic E-state index is 0.0212. The minimum Gasteiger partial charge on any atom is -0.313 e. The number of hydrogen-bond donors (Lipinski definition) is 1. The standard InChI is InChI=1S/C14H21ClFN/c1-14(2,3)8-7-13(17-4)11-9-10(15)5-6-12(11)16/h5-6,9,13,17H,7-8H2,1-4H3. The first-order valence-electron chi connectivity index (χ1n) is 5.96. The number of hydrogen-bond acceptors (Lipinski definition) is 1. The molecule has 1 unspecified atom stereocenters. The predicted molar refractivity (Wildman–Crippen MR) is 71.9 cm³/mol. The van der Waals surface area contributed by atoms with E-state index >= 15 is 0 Å². The van der Waals surface area contributed by atoms with Crippen LogP contribution < -0.4 is 5.32 Å². The molecule has 96 valence electrons. The molecule has 0 saturated carbocycles. The van der Waals surface area contributed by atoms with Gasteiger partial charge in [-0.2, -0.15) is 0 Å². The van der Waals surface area contributed by atoms with Crippen LogP contribution in [0.1, 0.15) is 45.2 Å². The first-order chi connectivity index (χ1) is 7.83. The van der Waals surface area contributed by atoms with Crippen molar-refractivity contribution in [2.24, 2.45) is 5.41 Å². The fourth-order valence-electron chi connectivity index (χ4n) is 1.81. The van der Waals surface area contributed by atoms with E-state index in [1.165, 1.54) is 6.07 Å². The lowest BCUT2D eigenvalue weighted by atomic mass is 9.87. The zero-order valence-corrected chi connectivity index (χ0v) is 11.7. The molecule has 0 amide bonds. The molecular formula is C14H21ClFN. The second-order valence-electron chi connectivity index (χ2n) is 5.61. The van der Waals surface area contributed by atoms with Gasteiger partial charge in [-0.25, -0.2) is 4.39 Å². The van der Waals surface area contributed by atoms with E-state index in [-0.39, 0.29) is 17.3 Å². The molecule has 1 nitrogen and oxygen atoms in total. The first-order valence-corrected chi connectivity index (χ1v) is 6.33. The maximum Gasteiger partial charge on any atom is 0.128 e. The summed E-state index contributed by atoms with van der Waals surface area (Å²) >= 11 is 5.91. The molecule has 1 atom stereocenters. The van der Waals surface area contributed by atoms with Crippen LogP contribution in [0.3, 0.4) is 0 Å². The van der Waals surface area contributed by atoms with Gasteiger partial charge >= 0.3 is 0 Å². The molecule has 3 heteroatoms. The number of rotatable bonds is 4. The molecule has 17 heavy (non-hydrogen) atoms. The van der Waals surface area contributed by atoms with Crippen molar-refractivity contribution in [2.45, 2.75) is 39.7 Å². The zero-order chi connectivity index (χ0) is 13.1. The van der Waals surface area contributed by atoms with Crippen LogP contribution in [0.2, 0.25) is 5.02 Å². The third-order valence-corrected chi connectivity index (χ3v) is 3.10. The summed E-state index contributed by atoms with van der Waals surface area (Å²) in [7, 11) is 1.85. The number of halogens is 2. The van der Waals surface area contributed by atoms with E-state index in [0.29, 0.717) is 10.6 Å². The molecule has 0 radical (unpaired) electrons. The second kappa shape index (κ2) is 5.83. The van der Waals surface area contributed by atoms with Crippen LogP contribution in [0.25, 0.3) is 0 Å². The van der Waals surface area contributed by atoms with E-state index in [2.05, 4.69) is 26.1 Å². The van der Waals surface area contributed by atoms with Gasteiger partial charge in [-0.3, -0.25) is 0 Å².